The van der Waals surface area contributed by atoms with E-state index in [0.717, 1.165) is 25.4 Å². The second-order valence-corrected chi connectivity index (χ2v) is 4.89. The van der Waals surface area contributed by atoms with Crippen LogP contribution in [0.5, 0.6) is 5.75 Å². The van der Waals surface area contributed by atoms with E-state index in [0.29, 0.717) is 5.92 Å². The van der Waals surface area contributed by atoms with E-state index in [4.69, 9.17) is 4.74 Å². The SMILES string of the molecule is CCCNCC(C)CN(C)c1cccc(OC)c1. The first-order chi connectivity index (χ1) is 8.67. The third-order valence-corrected chi connectivity index (χ3v) is 3.00. The second kappa shape index (κ2) is 7.98. The molecular formula is C15H26N2O. The smallest absolute Gasteiger partial charge is 0.120 e. The van der Waals surface area contributed by atoms with Gasteiger partial charge in [-0.05, 0) is 37.6 Å². The zero-order valence-electron chi connectivity index (χ0n) is 12.1. The Balaban J connectivity index is 2.45. The van der Waals surface area contributed by atoms with Crippen molar-refractivity contribution in [3.05, 3.63) is 24.3 Å². The third kappa shape index (κ3) is 4.96. The molecular weight excluding hydrogens is 224 g/mol. The fourth-order valence-electron chi connectivity index (χ4n) is 2.01. The fraction of sp³-hybridized carbons (Fsp3) is 0.600. The topological polar surface area (TPSA) is 24.5 Å². The molecule has 1 rings (SSSR count). The first-order valence-corrected chi connectivity index (χ1v) is 6.73. The van der Waals surface area contributed by atoms with Crippen LogP contribution in [0.15, 0.2) is 24.3 Å². The zero-order chi connectivity index (χ0) is 13.4. The van der Waals surface area contributed by atoms with E-state index >= 15 is 0 Å². The number of hydrogen-bond acceptors (Lipinski definition) is 3. The van der Waals surface area contributed by atoms with Gasteiger partial charge >= 0.3 is 0 Å². The van der Waals surface area contributed by atoms with Gasteiger partial charge in [-0.2, -0.15) is 0 Å². The van der Waals surface area contributed by atoms with Gasteiger partial charge in [0.15, 0.2) is 0 Å². The van der Waals surface area contributed by atoms with Crippen LogP contribution in [0.25, 0.3) is 0 Å². The van der Waals surface area contributed by atoms with E-state index in [9.17, 15) is 0 Å². The van der Waals surface area contributed by atoms with Crippen LogP contribution in [0.3, 0.4) is 0 Å². The maximum Gasteiger partial charge on any atom is 0.120 e. The average Bonchev–Trinajstić information content (AvgIpc) is 2.39. The molecule has 0 aliphatic carbocycles. The van der Waals surface area contributed by atoms with Crippen LogP contribution in [0.4, 0.5) is 5.69 Å². The molecule has 0 amide bonds. The van der Waals surface area contributed by atoms with Crippen LogP contribution in [0, 0.1) is 5.92 Å². The van der Waals surface area contributed by atoms with E-state index in [2.05, 4.69) is 43.2 Å². The Labute approximate surface area is 111 Å². The first-order valence-electron chi connectivity index (χ1n) is 6.73. The largest absolute Gasteiger partial charge is 0.497 e. The summed E-state index contributed by atoms with van der Waals surface area (Å²) in [6, 6.07) is 8.20. The molecule has 1 unspecified atom stereocenters. The summed E-state index contributed by atoms with van der Waals surface area (Å²) >= 11 is 0. The lowest BCUT2D eigenvalue weighted by Gasteiger charge is -2.24. The predicted molar refractivity (Wildman–Crippen MR) is 78.6 cm³/mol. The molecule has 0 aliphatic rings. The lowest BCUT2D eigenvalue weighted by Crippen LogP contribution is -2.31. The van der Waals surface area contributed by atoms with Gasteiger partial charge in [0.05, 0.1) is 7.11 Å². The van der Waals surface area contributed by atoms with Gasteiger partial charge in [-0.1, -0.05) is 19.9 Å². The molecule has 1 aromatic rings. The summed E-state index contributed by atoms with van der Waals surface area (Å²) in [5.41, 5.74) is 1.21. The number of nitrogens with one attached hydrogen (secondary N) is 1. The van der Waals surface area contributed by atoms with Crippen LogP contribution in [0.2, 0.25) is 0 Å². The van der Waals surface area contributed by atoms with Crippen LogP contribution >= 0.6 is 0 Å². The maximum absolute atomic E-state index is 5.25. The average molecular weight is 250 g/mol. The molecule has 0 radical (unpaired) electrons. The van der Waals surface area contributed by atoms with Gasteiger partial charge in [0.2, 0.25) is 0 Å². The highest BCUT2D eigenvalue weighted by Crippen LogP contribution is 2.20. The number of methoxy groups -OCH3 is 1. The molecule has 3 nitrogen and oxygen atoms in total. The molecule has 0 spiro atoms. The Bertz CT molecular complexity index is 341. The Kier molecular flexibility index (Phi) is 6.58. The van der Waals surface area contributed by atoms with E-state index in [1.54, 1.807) is 7.11 Å². The minimum absolute atomic E-state index is 0.632. The highest BCUT2D eigenvalue weighted by atomic mass is 16.5. The summed E-state index contributed by atoms with van der Waals surface area (Å²) in [4.78, 5) is 2.28. The van der Waals surface area contributed by atoms with E-state index in [1.165, 1.54) is 12.1 Å². The van der Waals surface area contributed by atoms with Gasteiger partial charge < -0.3 is 15.0 Å². The lowest BCUT2D eigenvalue weighted by molar-refractivity contribution is 0.414. The zero-order valence-corrected chi connectivity index (χ0v) is 12.1. The molecule has 0 aliphatic heterocycles. The normalized spacial score (nSPS) is 12.2. The molecule has 0 aromatic heterocycles. The second-order valence-electron chi connectivity index (χ2n) is 4.89. The molecule has 18 heavy (non-hydrogen) atoms. The molecule has 1 atom stereocenters. The fourth-order valence-corrected chi connectivity index (χ4v) is 2.01. The van der Waals surface area contributed by atoms with Gasteiger partial charge in [0, 0.05) is 25.3 Å². The van der Waals surface area contributed by atoms with Gasteiger partial charge in [0.1, 0.15) is 5.75 Å². The van der Waals surface area contributed by atoms with Gasteiger partial charge in [-0.15, -0.1) is 0 Å². The molecule has 1 aromatic carbocycles. The van der Waals surface area contributed by atoms with E-state index in [1.807, 2.05) is 12.1 Å². The predicted octanol–water partition coefficient (Wildman–Crippen LogP) is 2.77. The summed E-state index contributed by atoms with van der Waals surface area (Å²) in [6.45, 7) is 7.69. The maximum atomic E-state index is 5.25. The third-order valence-electron chi connectivity index (χ3n) is 3.00. The Morgan fingerprint density at radius 3 is 2.83 bits per heavy atom. The van der Waals surface area contributed by atoms with E-state index in [-0.39, 0.29) is 0 Å². The number of ether oxygens (including phenoxy) is 1. The van der Waals surface area contributed by atoms with Crippen LogP contribution in [0.1, 0.15) is 20.3 Å². The van der Waals surface area contributed by atoms with Crippen molar-refractivity contribution in [2.45, 2.75) is 20.3 Å². The van der Waals surface area contributed by atoms with Gasteiger partial charge in [-0.25, -0.2) is 0 Å². The molecule has 102 valence electrons. The molecule has 3 heteroatoms. The number of nitrogens with zero attached hydrogens (tertiary/aromatic N) is 1. The number of hydrogen-bond donors (Lipinski definition) is 1. The van der Waals surface area contributed by atoms with Crippen LogP contribution in [-0.4, -0.2) is 33.8 Å². The molecule has 1 N–H and O–H groups in total. The quantitative estimate of drug-likeness (QED) is 0.718. The summed E-state index contributed by atoms with van der Waals surface area (Å²) < 4.78 is 5.25. The summed E-state index contributed by atoms with van der Waals surface area (Å²) in [7, 11) is 3.83. The first kappa shape index (κ1) is 14.8. The van der Waals surface area contributed by atoms with Crippen molar-refractivity contribution < 1.29 is 4.74 Å². The van der Waals surface area contributed by atoms with Gasteiger partial charge in [-0.3, -0.25) is 0 Å². The minimum Gasteiger partial charge on any atom is -0.497 e. The van der Waals surface area contributed by atoms with Gasteiger partial charge in [0.25, 0.3) is 0 Å². The Morgan fingerprint density at radius 2 is 2.17 bits per heavy atom. The van der Waals surface area contributed by atoms with Crippen molar-refractivity contribution in [3.8, 4) is 5.75 Å². The van der Waals surface area contributed by atoms with Crippen LogP contribution < -0.4 is 15.0 Å². The lowest BCUT2D eigenvalue weighted by atomic mass is 10.1. The minimum atomic E-state index is 0.632. The van der Waals surface area contributed by atoms with Crippen molar-refractivity contribution in [3.63, 3.8) is 0 Å². The standard InChI is InChI=1S/C15H26N2O/c1-5-9-16-11-13(2)12-17(3)14-7-6-8-15(10-14)18-4/h6-8,10,13,16H,5,9,11-12H2,1-4H3. The van der Waals surface area contributed by atoms with Crippen molar-refractivity contribution in [2.75, 3.05) is 38.7 Å². The Hall–Kier alpha value is -1.22. The van der Waals surface area contributed by atoms with E-state index < -0.39 is 0 Å². The molecule has 0 fully saturated rings. The van der Waals surface area contributed by atoms with Crippen molar-refractivity contribution >= 4 is 5.69 Å². The monoisotopic (exact) mass is 250 g/mol. The molecule has 0 saturated heterocycles. The molecule has 0 bridgehead atoms. The highest BCUT2D eigenvalue weighted by Gasteiger charge is 2.07. The summed E-state index contributed by atoms with van der Waals surface area (Å²) in [5, 5.41) is 3.46. The Morgan fingerprint density at radius 1 is 1.39 bits per heavy atom. The molecule has 0 heterocycles. The van der Waals surface area contributed by atoms with Crippen molar-refractivity contribution in [1.82, 2.24) is 5.32 Å². The number of anilines is 1. The van der Waals surface area contributed by atoms with Crippen LogP contribution in [-0.2, 0) is 0 Å². The van der Waals surface area contributed by atoms with Crippen molar-refractivity contribution in [1.29, 1.82) is 0 Å². The van der Waals surface area contributed by atoms with Crippen molar-refractivity contribution in [2.24, 2.45) is 5.92 Å². The highest BCUT2D eigenvalue weighted by molar-refractivity contribution is 5.50. The molecule has 0 saturated carbocycles. The summed E-state index contributed by atoms with van der Waals surface area (Å²) in [5.74, 6) is 1.55. The number of benzene rings is 1. The summed E-state index contributed by atoms with van der Waals surface area (Å²) in [6.07, 6.45) is 1.19. The number of rotatable bonds is 8.